The molecular formula is C8H8BrN. The first-order valence-corrected chi connectivity index (χ1v) is 3.82. The molecule has 0 radical (unpaired) electrons. The molecule has 0 saturated heterocycles. The van der Waals surface area contributed by atoms with E-state index in [-0.39, 0.29) is 0 Å². The van der Waals surface area contributed by atoms with Gasteiger partial charge in [-0.15, -0.1) is 6.58 Å². The molecule has 1 heterocycles. The lowest BCUT2D eigenvalue weighted by Gasteiger charge is -1.94. The molecule has 0 spiro atoms. The number of allylic oxidation sites excluding steroid dienone is 1. The Labute approximate surface area is 68.9 Å². The molecule has 0 fully saturated rings. The van der Waals surface area contributed by atoms with Gasteiger partial charge in [0.15, 0.2) is 0 Å². The quantitative estimate of drug-likeness (QED) is 0.665. The van der Waals surface area contributed by atoms with Crippen LogP contribution in [0.25, 0.3) is 0 Å². The first-order chi connectivity index (χ1) is 4.83. The number of pyridine rings is 1. The summed E-state index contributed by atoms with van der Waals surface area (Å²) in [5.41, 5.74) is 1.18. The van der Waals surface area contributed by atoms with Gasteiger partial charge in [0.1, 0.15) is 0 Å². The maximum Gasteiger partial charge on any atom is 0.0410 e. The summed E-state index contributed by atoms with van der Waals surface area (Å²) < 4.78 is 1.02. The fraction of sp³-hybridized carbons (Fsp3) is 0.125. The number of halogens is 1. The van der Waals surface area contributed by atoms with Crippen molar-refractivity contribution in [2.24, 2.45) is 0 Å². The molecule has 2 heteroatoms. The van der Waals surface area contributed by atoms with Gasteiger partial charge in [0.25, 0.3) is 0 Å². The van der Waals surface area contributed by atoms with Crippen molar-refractivity contribution in [3.63, 3.8) is 0 Å². The second-order valence-corrected chi connectivity index (χ2v) is 2.92. The zero-order valence-corrected chi connectivity index (χ0v) is 7.13. The molecule has 0 aromatic carbocycles. The van der Waals surface area contributed by atoms with Gasteiger partial charge in [-0.25, -0.2) is 0 Å². The van der Waals surface area contributed by atoms with Crippen molar-refractivity contribution in [2.45, 2.75) is 6.42 Å². The number of hydrogen-bond acceptors (Lipinski definition) is 1. The highest BCUT2D eigenvalue weighted by Gasteiger charge is 1.89. The van der Waals surface area contributed by atoms with Crippen LogP contribution in [0.4, 0.5) is 0 Å². The lowest BCUT2D eigenvalue weighted by molar-refractivity contribution is 1.18. The molecule has 1 rings (SSSR count). The second kappa shape index (κ2) is 3.52. The van der Waals surface area contributed by atoms with Gasteiger partial charge in [0, 0.05) is 16.9 Å². The topological polar surface area (TPSA) is 12.9 Å². The van der Waals surface area contributed by atoms with Crippen LogP contribution in [0.5, 0.6) is 0 Å². The maximum absolute atomic E-state index is 4.01. The molecule has 52 valence electrons. The van der Waals surface area contributed by atoms with Crippen molar-refractivity contribution >= 4 is 15.9 Å². The summed E-state index contributed by atoms with van der Waals surface area (Å²) in [4.78, 5) is 4.01. The van der Waals surface area contributed by atoms with Crippen LogP contribution in [-0.2, 0) is 6.42 Å². The van der Waals surface area contributed by atoms with Crippen molar-refractivity contribution in [1.82, 2.24) is 4.98 Å². The second-order valence-electron chi connectivity index (χ2n) is 2.00. The SMILES string of the molecule is C=CCc1cncc(Br)c1. The molecule has 1 nitrogen and oxygen atoms in total. The Bertz CT molecular complexity index is 232. The first kappa shape index (κ1) is 7.48. The van der Waals surface area contributed by atoms with E-state index >= 15 is 0 Å². The minimum absolute atomic E-state index is 0.881. The van der Waals surface area contributed by atoms with E-state index in [9.17, 15) is 0 Å². The van der Waals surface area contributed by atoms with Crippen LogP contribution in [0, 0.1) is 0 Å². The third-order valence-corrected chi connectivity index (χ3v) is 1.58. The van der Waals surface area contributed by atoms with Gasteiger partial charge in [0.2, 0.25) is 0 Å². The van der Waals surface area contributed by atoms with E-state index in [4.69, 9.17) is 0 Å². The standard InChI is InChI=1S/C8H8BrN/c1-2-3-7-4-8(9)6-10-5-7/h2,4-6H,1,3H2. The van der Waals surface area contributed by atoms with Crippen LogP contribution < -0.4 is 0 Å². The summed E-state index contributed by atoms with van der Waals surface area (Å²) in [5, 5.41) is 0. The van der Waals surface area contributed by atoms with Crippen molar-refractivity contribution in [3.05, 3.63) is 41.2 Å². The monoisotopic (exact) mass is 197 g/mol. The van der Waals surface area contributed by atoms with Gasteiger partial charge in [-0.1, -0.05) is 6.08 Å². The van der Waals surface area contributed by atoms with Gasteiger partial charge in [-0.2, -0.15) is 0 Å². The molecule has 10 heavy (non-hydrogen) atoms. The van der Waals surface area contributed by atoms with Crippen molar-refractivity contribution < 1.29 is 0 Å². The lowest BCUT2D eigenvalue weighted by atomic mass is 10.2. The molecule has 0 amide bonds. The first-order valence-electron chi connectivity index (χ1n) is 3.03. The van der Waals surface area contributed by atoms with E-state index in [1.807, 2.05) is 18.3 Å². The fourth-order valence-electron chi connectivity index (χ4n) is 0.734. The Balaban J connectivity index is 2.84. The third kappa shape index (κ3) is 1.95. The van der Waals surface area contributed by atoms with Crippen LogP contribution in [0.2, 0.25) is 0 Å². The Hall–Kier alpha value is -0.630. The molecule has 0 N–H and O–H groups in total. The Morgan fingerprint density at radius 2 is 2.40 bits per heavy atom. The van der Waals surface area contributed by atoms with Gasteiger partial charge < -0.3 is 0 Å². The highest BCUT2D eigenvalue weighted by Crippen LogP contribution is 2.09. The summed E-state index contributed by atoms with van der Waals surface area (Å²) in [6.07, 6.45) is 6.36. The van der Waals surface area contributed by atoms with Gasteiger partial charge in [-0.3, -0.25) is 4.98 Å². The average molecular weight is 198 g/mol. The van der Waals surface area contributed by atoms with Crippen LogP contribution in [0.1, 0.15) is 5.56 Å². The van der Waals surface area contributed by atoms with Gasteiger partial charge in [-0.05, 0) is 34.0 Å². The molecule has 0 aliphatic heterocycles. The van der Waals surface area contributed by atoms with E-state index in [2.05, 4.69) is 27.5 Å². The Morgan fingerprint density at radius 1 is 1.60 bits per heavy atom. The van der Waals surface area contributed by atoms with Crippen molar-refractivity contribution in [1.29, 1.82) is 0 Å². The van der Waals surface area contributed by atoms with Crippen LogP contribution in [-0.4, -0.2) is 4.98 Å². The molecule has 0 bridgehead atoms. The van der Waals surface area contributed by atoms with Crippen LogP contribution in [0.3, 0.4) is 0 Å². The summed E-state index contributed by atoms with van der Waals surface area (Å²) >= 11 is 3.34. The summed E-state index contributed by atoms with van der Waals surface area (Å²) in [5.74, 6) is 0. The van der Waals surface area contributed by atoms with Gasteiger partial charge in [0.05, 0.1) is 0 Å². The molecule has 1 aromatic heterocycles. The summed E-state index contributed by atoms with van der Waals surface area (Å²) in [7, 11) is 0. The van der Waals surface area contributed by atoms with Crippen molar-refractivity contribution in [2.75, 3.05) is 0 Å². The van der Waals surface area contributed by atoms with E-state index in [1.165, 1.54) is 5.56 Å². The number of nitrogens with zero attached hydrogens (tertiary/aromatic N) is 1. The minimum Gasteiger partial charge on any atom is -0.263 e. The zero-order chi connectivity index (χ0) is 7.40. The normalized spacial score (nSPS) is 9.30. The van der Waals surface area contributed by atoms with Gasteiger partial charge >= 0.3 is 0 Å². The molecule has 0 aliphatic rings. The Kier molecular flexibility index (Phi) is 2.63. The maximum atomic E-state index is 4.01. The minimum atomic E-state index is 0.881. The predicted molar refractivity (Wildman–Crippen MR) is 45.8 cm³/mol. The van der Waals surface area contributed by atoms with E-state index in [0.717, 1.165) is 10.9 Å². The predicted octanol–water partition coefficient (Wildman–Crippen LogP) is 2.57. The van der Waals surface area contributed by atoms with Crippen LogP contribution >= 0.6 is 15.9 Å². The highest BCUT2D eigenvalue weighted by molar-refractivity contribution is 9.10. The van der Waals surface area contributed by atoms with E-state index in [0.29, 0.717) is 0 Å². The third-order valence-electron chi connectivity index (χ3n) is 1.14. The molecule has 0 aliphatic carbocycles. The number of rotatable bonds is 2. The van der Waals surface area contributed by atoms with Crippen LogP contribution in [0.15, 0.2) is 35.6 Å². The highest BCUT2D eigenvalue weighted by atomic mass is 79.9. The fourth-order valence-corrected chi connectivity index (χ4v) is 1.15. The zero-order valence-electron chi connectivity index (χ0n) is 5.55. The largest absolute Gasteiger partial charge is 0.263 e. The Morgan fingerprint density at radius 3 is 3.00 bits per heavy atom. The summed E-state index contributed by atoms with van der Waals surface area (Å²) in [6.45, 7) is 3.64. The number of hydrogen-bond donors (Lipinski definition) is 0. The smallest absolute Gasteiger partial charge is 0.0410 e. The lowest BCUT2D eigenvalue weighted by Crippen LogP contribution is -1.81. The molecule has 0 saturated carbocycles. The average Bonchev–Trinajstić information content (AvgIpc) is 1.88. The van der Waals surface area contributed by atoms with Crippen molar-refractivity contribution in [3.8, 4) is 0 Å². The molecule has 0 atom stereocenters. The molecule has 1 aromatic rings. The molecule has 0 unspecified atom stereocenters. The van der Waals surface area contributed by atoms with E-state index in [1.54, 1.807) is 6.20 Å². The molecular weight excluding hydrogens is 190 g/mol. The number of aromatic nitrogens is 1. The van der Waals surface area contributed by atoms with E-state index < -0.39 is 0 Å². The summed E-state index contributed by atoms with van der Waals surface area (Å²) in [6, 6.07) is 2.04.